The van der Waals surface area contributed by atoms with Gasteiger partial charge >= 0.3 is 0 Å². The first-order chi connectivity index (χ1) is 12.2. The zero-order valence-corrected chi connectivity index (χ0v) is 15.3. The zero-order valence-electron chi connectivity index (χ0n) is 13.7. The second-order valence-electron chi connectivity index (χ2n) is 5.73. The number of aromatic nitrogens is 1. The molecule has 3 nitrogen and oxygen atoms in total. The summed E-state index contributed by atoms with van der Waals surface area (Å²) in [7, 11) is 0. The van der Waals surface area contributed by atoms with Gasteiger partial charge in [-0.3, -0.25) is 4.79 Å². The first-order valence-electron chi connectivity index (χ1n) is 7.94. The van der Waals surface area contributed by atoms with Gasteiger partial charge < -0.3 is 5.32 Å². The van der Waals surface area contributed by atoms with Crippen LogP contribution in [0, 0.1) is 0 Å². The summed E-state index contributed by atoms with van der Waals surface area (Å²) < 4.78 is 1.08. The summed E-state index contributed by atoms with van der Waals surface area (Å²) >= 11 is 3.20. The molecule has 0 bridgehead atoms. The molecule has 0 aliphatic rings. The van der Waals surface area contributed by atoms with E-state index in [9.17, 15) is 4.79 Å². The van der Waals surface area contributed by atoms with Gasteiger partial charge in [0.2, 0.25) is 5.91 Å². The zero-order chi connectivity index (χ0) is 17.2. The van der Waals surface area contributed by atoms with Gasteiger partial charge in [0.25, 0.3) is 0 Å². The van der Waals surface area contributed by atoms with E-state index in [1.54, 1.807) is 11.8 Å². The molecule has 0 saturated carbocycles. The average molecular weight is 364 g/mol. The predicted molar refractivity (Wildman–Crippen MR) is 108 cm³/mol. The molecule has 4 aromatic rings. The molecule has 124 valence electrons. The third-order valence-corrected chi connectivity index (χ3v) is 5.73. The highest BCUT2D eigenvalue weighted by atomic mass is 32.2. The van der Waals surface area contributed by atoms with E-state index in [-0.39, 0.29) is 5.91 Å². The highest BCUT2D eigenvalue weighted by Gasteiger charge is 2.10. The highest BCUT2D eigenvalue weighted by Crippen LogP contribution is 2.31. The molecule has 1 amide bonds. The predicted octanol–water partition coefficient (Wildman–Crippen LogP) is 5.35. The van der Waals surface area contributed by atoms with Crippen LogP contribution in [0.3, 0.4) is 0 Å². The molecule has 0 aliphatic heterocycles. The Morgan fingerprint density at radius 2 is 1.88 bits per heavy atom. The average Bonchev–Trinajstić information content (AvgIpc) is 3.05. The minimum atomic E-state index is -0.0414. The molecule has 0 radical (unpaired) electrons. The van der Waals surface area contributed by atoms with Crippen LogP contribution in [0.1, 0.15) is 5.56 Å². The number of carbonyl (C=O) groups is 1. The minimum absolute atomic E-state index is 0.0414. The van der Waals surface area contributed by atoms with Gasteiger partial charge in [0.15, 0.2) is 5.13 Å². The maximum absolute atomic E-state index is 12.3. The highest BCUT2D eigenvalue weighted by molar-refractivity contribution is 7.98. The normalized spacial score (nSPS) is 11.1. The molecule has 25 heavy (non-hydrogen) atoms. The van der Waals surface area contributed by atoms with Crippen LogP contribution in [0.15, 0.2) is 65.6 Å². The number of hydrogen-bond acceptors (Lipinski definition) is 4. The van der Waals surface area contributed by atoms with Gasteiger partial charge in [0.05, 0.1) is 16.6 Å². The lowest BCUT2D eigenvalue weighted by atomic mass is 10.1. The van der Waals surface area contributed by atoms with Crippen molar-refractivity contribution in [2.24, 2.45) is 0 Å². The second-order valence-corrected chi connectivity index (χ2v) is 7.64. The number of thioether (sulfide) groups is 1. The number of rotatable bonds is 4. The van der Waals surface area contributed by atoms with Gasteiger partial charge in [0, 0.05) is 10.3 Å². The summed E-state index contributed by atoms with van der Waals surface area (Å²) in [4.78, 5) is 18.2. The monoisotopic (exact) mass is 364 g/mol. The molecule has 4 rings (SSSR count). The number of nitrogens with one attached hydrogen (secondary N) is 1. The summed E-state index contributed by atoms with van der Waals surface area (Å²) in [6, 6.07) is 20.4. The van der Waals surface area contributed by atoms with Crippen molar-refractivity contribution in [1.82, 2.24) is 4.98 Å². The Hall–Kier alpha value is -2.37. The number of nitrogens with zero attached hydrogens (tertiary/aromatic N) is 1. The van der Waals surface area contributed by atoms with Crippen LogP contribution in [-0.2, 0) is 11.2 Å². The molecule has 0 fully saturated rings. The molecule has 3 aromatic carbocycles. The Bertz CT molecular complexity index is 1050. The van der Waals surface area contributed by atoms with Crippen molar-refractivity contribution >= 4 is 55.1 Å². The topological polar surface area (TPSA) is 42.0 Å². The van der Waals surface area contributed by atoms with Gasteiger partial charge in [-0.2, -0.15) is 0 Å². The van der Waals surface area contributed by atoms with Crippen LogP contribution in [0.5, 0.6) is 0 Å². The van der Waals surface area contributed by atoms with Crippen molar-refractivity contribution in [1.29, 1.82) is 0 Å². The Morgan fingerprint density at radius 3 is 2.68 bits per heavy atom. The quantitative estimate of drug-likeness (QED) is 0.496. The SMILES string of the molecule is CSc1ccc(CC(=O)Nc2nc3c(ccc4ccccc43)s2)cc1. The van der Waals surface area contributed by atoms with E-state index in [2.05, 4.69) is 34.6 Å². The van der Waals surface area contributed by atoms with Gasteiger partial charge in [-0.05, 0) is 35.4 Å². The van der Waals surface area contributed by atoms with Gasteiger partial charge in [0.1, 0.15) is 0 Å². The van der Waals surface area contributed by atoms with Crippen molar-refractivity contribution in [3.05, 3.63) is 66.2 Å². The molecule has 1 aromatic heterocycles. The van der Waals surface area contributed by atoms with Crippen LogP contribution < -0.4 is 5.32 Å². The Kier molecular flexibility index (Phi) is 4.42. The minimum Gasteiger partial charge on any atom is -0.302 e. The first-order valence-corrected chi connectivity index (χ1v) is 9.98. The Balaban J connectivity index is 1.55. The van der Waals surface area contributed by atoms with Gasteiger partial charge in [-0.1, -0.05) is 53.8 Å². The lowest BCUT2D eigenvalue weighted by molar-refractivity contribution is -0.115. The van der Waals surface area contributed by atoms with Crippen LogP contribution in [0.2, 0.25) is 0 Å². The third kappa shape index (κ3) is 3.38. The summed E-state index contributed by atoms with van der Waals surface area (Å²) in [5.74, 6) is -0.0414. The number of carbonyl (C=O) groups excluding carboxylic acids is 1. The molecule has 0 atom stereocenters. The second kappa shape index (κ2) is 6.86. The summed E-state index contributed by atoms with van der Waals surface area (Å²) in [5.41, 5.74) is 1.95. The summed E-state index contributed by atoms with van der Waals surface area (Å²) in [6.07, 6.45) is 2.39. The molecule has 1 heterocycles. The van der Waals surface area contributed by atoms with E-state index in [0.717, 1.165) is 26.6 Å². The molecular formula is C20H16N2OS2. The smallest absolute Gasteiger partial charge is 0.230 e. The number of hydrogen-bond donors (Lipinski definition) is 1. The molecule has 0 unspecified atom stereocenters. The number of thiazole rings is 1. The third-order valence-electron chi connectivity index (χ3n) is 4.05. The molecular weight excluding hydrogens is 348 g/mol. The van der Waals surface area contributed by atoms with Gasteiger partial charge in [-0.25, -0.2) is 4.98 Å². The van der Waals surface area contributed by atoms with E-state index in [0.29, 0.717) is 11.6 Å². The van der Waals surface area contributed by atoms with Crippen molar-refractivity contribution < 1.29 is 4.79 Å². The molecule has 5 heteroatoms. The molecule has 0 saturated heterocycles. The summed E-state index contributed by atoms with van der Waals surface area (Å²) in [6.45, 7) is 0. The fraction of sp³-hybridized carbons (Fsp3) is 0.100. The molecule has 0 spiro atoms. The van der Waals surface area contributed by atoms with Crippen molar-refractivity contribution in [3.8, 4) is 0 Å². The summed E-state index contributed by atoms with van der Waals surface area (Å²) in [5, 5.41) is 5.86. The maximum Gasteiger partial charge on any atom is 0.230 e. The lowest BCUT2D eigenvalue weighted by Gasteiger charge is -2.03. The number of anilines is 1. The lowest BCUT2D eigenvalue weighted by Crippen LogP contribution is -2.14. The largest absolute Gasteiger partial charge is 0.302 e. The Morgan fingerprint density at radius 1 is 1.08 bits per heavy atom. The van der Waals surface area contributed by atoms with E-state index >= 15 is 0 Å². The van der Waals surface area contributed by atoms with Crippen molar-refractivity contribution in [3.63, 3.8) is 0 Å². The molecule has 0 aliphatic carbocycles. The number of fused-ring (bicyclic) bond motifs is 3. The fourth-order valence-corrected chi connectivity index (χ4v) is 4.11. The van der Waals surface area contributed by atoms with Crippen molar-refractivity contribution in [2.45, 2.75) is 11.3 Å². The fourth-order valence-electron chi connectivity index (χ4n) is 2.81. The van der Waals surface area contributed by atoms with Crippen LogP contribution in [-0.4, -0.2) is 17.1 Å². The van der Waals surface area contributed by atoms with Crippen LogP contribution in [0.4, 0.5) is 5.13 Å². The van der Waals surface area contributed by atoms with E-state index < -0.39 is 0 Å². The van der Waals surface area contributed by atoms with E-state index in [4.69, 9.17) is 0 Å². The van der Waals surface area contributed by atoms with Crippen LogP contribution in [0.25, 0.3) is 21.0 Å². The van der Waals surface area contributed by atoms with Gasteiger partial charge in [-0.15, -0.1) is 11.8 Å². The number of amides is 1. The Labute approximate surface area is 154 Å². The first kappa shape index (κ1) is 16.1. The van der Waals surface area contributed by atoms with Crippen molar-refractivity contribution in [2.75, 3.05) is 11.6 Å². The van der Waals surface area contributed by atoms with E-state index in [1.807, 2.05) is 42.7 Å². The molecule has 1 N–H and O–H groups in total. The van der Waals surface area contributed by atoms with E-state index in [1.165, 1.54) is 16.2 Å². The standard InChI is InChI=1S/C20H16N2OS2/c1-24-15-9-6-13(7-10-15)12-18(23)21-20-22-19-16-5-3-2-4-14(16)8-11-17(19)25-20/h2-11H,12H2,1H3,(H,21,22,23). The van der Waals surface area contributed by atoms with Crippen LogP contribution >= 0.6 is 23.1 Å². The maximum atomic E-state index is 12.3. The number of benzene rings is 3.